The Labute approximate surface area is 124 Å². The van der Waals surface area contributed by atoms with Gasteiger partial charge in [0, 0.05) is 31.2 Å². The molecule has 1 saturated heterocycles. The maximum Gasteiger partial charge on any atom is 0.0252 e. The van der Waals surface area contributed by atoms with Gasteiger partial charge in [0.25, 0.3) is 0 Å². The van der Waals surface area contributed by atoms with Crippen LogP contribution in [0.25, 0.3) is 0 Å². The highest BCUT2D eigenvalue weighted by atomic mass is 15.2. The van der Waals surface area contributed by atoms with Gasteiger partial charge in [0.2, 0.25) is 0 Å². The molecule has 2 heteroatoms. The van der Waals surface area contributed by atoms with Crippen LogP contribution in [0.4, 0.5) is 0 Å². The van der Waals surface area contributed by atoms with Crippen molar-refractivity contribution >= 4 is 0 Å². The fourth-order valence-corrected chi connectivity index (χ4v) is 6.59. The molecule has 20 heavy (non-hydrogen) atoms. The number of rotatable bonds is 2. The minimum Gasteiger partial charge on any atom is -0.309 e. The summed E-state index contributed by atoms with van der Waals surface area (Å²) in [7, 11) is 0. The summed E-state index contributed by atoms with van der Waals surface area (Å²) in [5.41, 5.74) is 0.983. The molecule has 1 aliphatic heterocycles. The normalized spacial score (nSPS) is 48.5. The van der Waals surface area contributed by atoms with Gasteiger partial charge in [-0.05, 0) is 82.5 Å². The first-order chi connectivity index (χ1) is 9.46. The predicted octanol–water partition coefficient (Wildman–Crippen LogP) is 3.28. The maximum atomic E-state index is 3.68. The van der Waals surface area contributed by atoms with E-state index in [1.807, 2.05) is 0 Å². The van der Waals surface area contributed by atoms with Crippen molar-refractivity contribution < 1.29 is 0 Å². The van der Waals surface area contributed by atoms with Crippen molar-refractivity contribution in [1.29, 1.82) is 0 Å². The summed E-state index contributed by atoms with van der Waals surface area (Å²) in [5, 5.41) is 3.68. The zero-order valence-corrected chi connectivity index (χ0v) is 13.6. The molecule has 114 valence electrons. The Kier molecular flexibility index (Phi) is 3.03. The van der Waals surface area contributed by atoms with E-state index >= 15 is 0 Å². The number of piperazine rings is 1. The molecule has 5 fully saturated rings. The number of nitrogens with one attached hydrogen (secondary N) is 1. The lowest BCUT2D eigenvalue weighted by molar-refractivity contribution is -0.103. The highest BCUT2D eigenvalue weighted by Crippen LogP contribution is 2.62. The Morgan fingerprint density at radius 3 is 2.05 bits per heavy atom. The molecular formula is C18H32N2. The van der Waals surface area contributed by atoms with Gasteiger partial charge in [-0.25, -0.2) is 0 Å². The van der Waals surface area contributed by atoms with Crippen LogP contribution in [0.3, 0.4) is 0 Å². The topological polar surface area (TPSA) is 15.3 Å². The van der Waals surface area contributed by atoms with E-state index in [1.165, 1.54) is 19.6 Å². The van der Waals surface area contributed by atoms with Gasteiger partial charge >= 0.3 is 0 Å². The average Bonchev–Trinajstić information content (AvgIpc) is 2.35. The van der Waals surface area contributed by atoms with E-state index in [2.05, 4.69) is 31.0 Å². The zero-order chi connectivity index (χ0) is 14.0. The Morgan fingerprint density at radius 1 is 1.00 bits per heavy atom. The molecule has 0 spiro atoms. The fraction of sp³-hybridized carbons (Fsp3) is 1.00. The van der Waals surface area contributed by atoms with Gasteiger partial charge in [-0.15, -0.1) is 0 Å². The first kappa shape index (κ1) is 13.6. The summed E-state index contributed by atoms with van der Waals surface area (Å²) >= 11 is 0. The zero-order valence-electron chi connectivity index (χ0n) is 13.6. The van der Waals surface area contributed by atoms with E-state index in [1.54, 1.807) is 38.5 Å². The Morgan fingerprint density at radius 2 is 1.55 bits per heavy atom. The maximum absolute atomic E-state index is 3.68. The second-order valence-corrected chi connectivity index (χ2v) is 9.24. The molecule has 1 unspecified atom stereocenters. The minimum absolute atomic E-state index is 0.300. The summed E-state index contributed by atoms with van der Waals surface area (Å²) in [5.74, 6) is 3.25. The predicted molar refractivity (Wildman–Crippen MR) is 83.7 cm³/mol. The first-order valence-corrected chi connectivity index (χ1v) is 8.95. The van der Waals surface area contributed by atoms with Crippen LogP contribution in [0.2, 0.25) is 0 Å². The SMILES string of the molecule is CC(N1CCNC(C)(C)C1)C12CC3CC(CC(C3)C1)C2. The molecule has 5 aliphatic rings. The first-order valence-electron chi connectivity index (χ1n) is 8.95. The lowest BCUT2D eigenvalue weighted by Gasteiger charge is -2.61. The van der Waals surface area contributed by atoms with E-state index in [0.717, 1.165) is 23.8 Å². The highest BCUT2D eigenvalue weighted by molar-refractivity contribution is 5.06. The molecule has 0 aromatic rings. The largest absolute Gasteiger partial charge is 0.309 e. The van der Waals surface area contributed by atoms with Gasteiger partial charge in [-0.2, -0.15) is 0 Å². The van der Waals surface area contributed by atoms with Crippen molar-refractivity contribution in [3.63, 3.8) is 0 Å². The van der Waals surface area contributed by atoms with Crippen LogP contribution >= 0.6 is 0 Å². The molecule has 0 amide bonds. The lowest BCUT2D eigenvalue weighted by Crippen LogP contribution is -2.63. The van der Waals surface area contributed by atoms with Gasteiger partial charge in [0.1, 0.15) is 0 Å². The van der Waals surface area contributed by atoms with Crippen LogP contribution in [-0.4, -0.2) is 36.1 Å². The second-order valence-electron chi connectivity index (χ2n) is 9.24. The number of hydrogen-bond acceptors (Lipinski definition) is 2. The molecule has 4 aliphatic carbocycles. The molecule has 0 radical (unpaired) electrons. The monoisotopic (exact) mass is 276 g/mol. The molecular weight excluding hydrogens is 244 g/mol. The van der Waals surface area contributed by atoms with Crippen LogP contribution in [-0.2, 0) is 0 Å². The van der Waals surface area contributed by atoms with Crippen LogP contribution in [0.5, 0.6) is 0 Å². The van der Waals surface area contributed by atoms with Crippen molar-refractivity contribution in [2.45, 2.75) is 70.9 Å². The Bertz CT molecular complexity index is 352. The third-order valence-electron chi connectivity index (χ3n) is 7.12. The molecule has 4 saturated carbocycles. The van der Waals surface area contributed by atoms with Crippen LogP contribution in [0.15, 0.2) is 0 Å². The van der Waals surface area contributed by atoms with Crippen molar-refractivity contribution in [1.82, 2.24) is 10.2 Å². The third kappa shape index (κ3) is 2.14. The van der Waals surface area contributed by atoms with Gasteiger partial charge in [0.05, 0.1) is 0 Å². The van der Waals surface area contributed by atoms with Crippen molar-refractivity contribution in [3.05, 3.63) is 0 Å². The molecule has 1 atom stereocenters. The standard InChI is InChI=1S/C18H32N2/c1-13(20-5-4-19-17(2,3)12-20)18-9-14-6-15(10-18)8-16(7-14)11-18/h13-16,19H,4-12H2,1-3H3. The summed E-state index contributed by atoms with van der Waals surface area (Å²) in [6.45, 7) is 11.0. The average molecular weight is 276 g/mol. The fourth-order valence-electron chi connectivity index (χ4n) is 6.59. The highest BCUT2D eigenvalue weighted by Gasteiger charge is 2.54. The van der Waals surface area contributed by atoms with E-state index in [-0.39, 0.29) is 0 Å². The van der Waals surface area contributed by atoms with E-state index in [9.17, 15) is 0 Å². The summed E-state index contributed by atoms with van der Waals surface area (Å²) in [6, 6.07) is 0.803. The third-order valence-corrected chi connectivity index (χ3v) is 7.12. The van der Waals surface area contributed by atoms with E-state index in [4.69, 9.17) is 0 Å². The van der Waals surface area contributed by atoms with Gasteiger partial charge in [0.15, 0.2) is 0 Å². The van der Waals surface area contributed by atoms with Crippen molar-refractivity contribution in [2.75, 3.05) is 19.6 Å². The second kappa shape index (κ2) is 4.46. The van der Waals surface area contributed by atoms with Crippen molar-refractivity contribution in [3.8, 4) is 0 Å². The summed E-state index contributed by atoms with van der Waals surface area (Å²) < 4.78 is 0. The van der Waals surface area contributed by atoms with Crippen molar-refractivity contribution in [2.24, 2.45) is 23.2 Å². The smallest absolute Gasteiger partial charge is 0.0252 e. The Hall–Kier alpha value is -0.0800. The number of hydrogen-bond donors (Lipinski definition) is 1. The molecule has 0 aromatic carbocycles. The molecule has 1 N–H and O–H groups in total. The van der Waals surface area contributed by atoms with Gasteiger partial charge in [-0.1, -0.05) is 0 Å². The lowest BCUT2D eigenvalue weighted by atomic mass is 9.47. The molecule has 5 rings (SSSR count). The quantitative estimate of drug-likeness (QED) is 0.832. The van der Waals surface area contributed by atoms with Crippen LogP contribution < -0.4 is 5.32 Å². The molecule has 0 aromatic heterocycles. The van der Waals surface area contributed by atoms with Gasteiger partial charge in [-0.3, -0.25) is 4.90 Å². The van der Waals surface area contributed by atoms with E-state index < -0.39 is 0 Å². The van der Waals surface area contributed by atoms with E-state index in [0.29, 0.717) is 11.0 Å². The van der Waals surface area contributed by atoms with Gasteiger partial charge < -0.3 is 5.32 Å². The molecule has 4 bridgehead atoms. The summed E-state index contributed by atoms with van der Waals surface area (Å²) in [4.78, 5) is 2.82. The minimum atomic E-state index is 0.300. The molecule has 1 heterocycles. The Balaban J connectivity index is 1.54. The number of nitrogens with zero attached hydrogens (tertiary/aromatic N) is 1. The summed E-state index contributed by atoms with van der Waals surface area (Å²) in [6.07, 6.45) is 9.34. The van der Waals surface area contributed by atoms with Crippen LogP contribution in [0.1, 0.15) is 59.3 Å². The molecule has 2 nitrogen and oxygen atoms in total. The van der Waals surface area contributed by atoms with Crippen LogP contribution in [0, 0.1) is 23.2 Å².